The number of benzene rings is 2. The molecular formula is C23H20N2O7. The molecule has 0 bridgehead atoms. The van der Waals surface area contributed by atoms with Gasteiger partial charge in [-0.15, -0.1) is 0 Å². The maximum atomic E-state index is 11.8. The minimum Gasteiger partial charge on any atom is -0.485 e. The normalized spacial score (nSPS) is 10.8. The molecular weight excluding hydrogens is 416 g/mol. The Balaban J connectivity index is 2.06. The number of nitrogens with zero attached hydrogens (tertiary/aromatic N) is 2. The first kappa shape index (κ1) is 22.4. The summed E-state index contributed by atoms with van der Waals surface area (Å²) in [6.45, 7) is 4.32. The van der Waals surface area contributed by atoms with Gasteiger partial charge in [0.15, 0.2) is 11.5 Å². The number of rotatable bonds is 7. The fraction of sp³-hybridized carbons (Fsp3) is 0.174. The first-order chi connectivity index (χ1) is 15.3. The lowest BCUT2D eigenvalue weighted by atomic mass is 10.1. The van der Waals surface area contributed by atoms with Crippen molar-refractivity contribution >= 4 is 40.7 Å². The Bertz CT molecular complexity index is 1230. The summed E-state index contributed by atoms with van der Waals surface area (Å²) in [4.78, 5) is 38.4. The molecule has 0 radical (unpaired) electrons. The standard InChI is InChI=1S/C23H20N2O7/c1-4-30-23-20(32-15(3)27)13-10-17(22(23)25(28)29)9-12-18-11-8-16-6-5-7-19(21(16)24-18)31-14(2)26/h5-13H,4H2,1-3H3. The maximum Gasteiger partial charge on any atom is 0.322 e. The van der Waals surface area contributed by atoms with Gasteiger partial charge in [0.05, 0.1) is 22.8 Å². The molecule has 0 aliphatic rings. The van der Waals surface area contributed by atoms with Crippen molar-refractivity contribution in [2.45, 2.75) is 20.8 Å². The van der Waals surface area contributed by atoms with E-state index in [2.05, 4.69) is 4.98 Å². The molecule has 164 valence electrons. The van der Waals surface area contributed by atoms with Crippen LogP contribution in [0.25, 0.3) is 23.1 Å². The Hall–Kier alpha value is -4.27. The van der Waals surface area contributed by atoms with Crippen LogP contribution in [0, 0.1) is 10.1 Å². The molecule has 0 aliphatic heterocycles. The van der Waals surface area contributed by atoms with E-state index in [-0.39, 0.29) is 29.4 Å². The fourth-order valence-corrected chi connectivity index (χ4v) is 3.05. The van der Waals surface area contributed by atoms with Crippen LogP contribution in [-0.4, -0.2) is 28.5 Å². The van der Waals surface area contributed by atoms with Crippen LogP contribution < -0.4 is 14.2 Å². The summed E-state index contributed by atoms with van der Waals surface area (Å²) in [5.74, 6) is -0.920. The van der Waals surface area contributed by atoms with Gasteiger partial charge in [0.1, 0.15) is 5.52 Å². The van der Waals surface area contributed by atoms with Gasteiger partial charge in [-0.05, 0) is 43.3 Å². The third-order valence-electron chi connectivity index (χ3n) is 4.24. The van der Waals surface area contributed by atoms with E-state index in [0.717, 1.165) is 5.39 Å². The average Bonchev–Trinajstić information content (AvgIpc) is 2.73. The zero-order valence-electron chi connectivity index (χ0n) is 17.7. The van der Waals surface area contributed by atoms with E-state index in [1.807, 2.05) is 6.07 Å². The Labute approximate surface area is 183 Å². The van der Waals surface area contributed by atoms with E-state index in [1.165, 1.54) is 32.1 Å². The van der Waals surface area contributed by atoms with E-state index >= 15 is 0 Å². The highest BCUT2D eigenvalue weighted by Crippen LogP contribution is 2.40. The van der Waals surface area contributed by atoms with Crippen LogP contribution in [0.5, 0.6) is 17.2 Å². The predicted molar refractivity (Wildman–Crippen MR) is 118 cm³/mol. The van der Waals surface area contributed by atoms with Crippen LogP contribution in [0.1, 0.15) is 32.0 Å². The fourth-order valence-electron chi connectivity index (χ4n) is 3.05. The first-order valence-corrected chi connectivity index (χ1v) is 9.69. The number of ether oxygens (including phenoxy) is 3. The Kier molecular flexibility index (Phi) is 6.79. The molecule has 2 aromatic carbocycles. The second-order valence-electron chi connectivity index (χ2n) is 6.61. The Morgan fingerprint density at radius 1 is 1.00 bits per heavy atom. The van der Waals surface area contributed by atoms with Gasteiger partial charge >= 0.3 is 17.6 Å². The van der Waals surface area contributed by atoms with Gasteiger partial charge in [0, 0.05) is 19.2 Å². The largest absolute Gasteiger partial charge is 0.485 e. The number of fused-ring (bicyclic) bond motifs is 1. The lowest BCUT2D eigenvalue weighted by Crippen LogP contribution is -2.06. The number of pyridine rings is 1. The van der Waals surface area contributed by atoms with E-state index in [4.69, 9.17) is 14.2 Å². The minimum absolute atomic E-state index is 0.0296. The van der Waals surface area contributed by atoms with E-state index in [1.54, 1.807) is 37.3 Å². The van der Waals surface area contributed by atoms with Crippen LogP contribution >= 0.6 is 0 Å². The van der Waals surface area contributed by atoms with Crippen molar-refractivity contribution in [1.29, 1.82) is 0 Å². The second kappa shape index (κ2) is 9.69. The molecule has 3 rings (SSSR count). The summed E-state index contributed by atoms with van der Waals surface area (Å²) in [6, 6.07) is 11.7. The van der Waals surface area contributed by atoms with Crippen molar-refractivity contribution in [2.24, 2.45) is 0 Å². The van der Waals surface area contributed by atoms with Crippen molar-refractivity contribution in [3.8, 4) is 17.2 Å². The van der Waals surface area contributed by atoms with E-state index < -0.39 is 16.9 Å². The van der Waals surface area contributed by atoms with Crippen LogP contribution in [0.15, 0.2) is 42.5 Å². The Morgan fingerprint density at radius 3 is 2.38 bits per heavy atom. The van der Waals surface area contributed by atoms with Gasteiger partial charge in [0.2, 0.25) is 5.75 Å². The summed E-state index contributed by atoms with van der Waals surface area (Å²) in [7, 11) is 0. The molecule has 1 heterocycles. The number of carbonyl (C=O) groups excluding carboxylic acids is 2. The number of carbonyl (C=O) groups is 2. The number of esters is 2. The molecule has 9 nitrogen and oxygen atoms in total. The highest BCUT2D eigenvalue weighted by molar-refractivity contribution is 5.88. The summed E-state index contributed by atoms with van der Waals surface area (Å²) in [5, 5.41) is 12.6. The highest BCUT2D eigenvalue weighted by Gasteiger charge is 2.25. The average molecular weight is 436 g/mol. The molecule has 1 aromatic heterocycles. The highest BCUT2D eigenvalue weighted by atomic mass is 16.6. The second-order valence-corrected chi connectivity index (χ2v) is 6.61. The van der Waals surface area contributed by atoms with Gasteiger partial charge in [-0.25, -0.2) is 4.98 Å². The minimum atomic E-state index is -0.618. The number of hydrogen-bond donors (Lipinski definition) is 0. The molecule has 0 saturated heterocycles. The molecule has 0 amide bonds. The summed E-state index contributed by atoms with van der Waals surface area (Å²) >= 11 is 0. The molecule has 0 saturated carbocycles. The third-order valence-corrected chi connectivity index (χ3v) is 4.24. The molecule has 0 spiro atoms. The number of nitro benzene ring substituents is 1. The molecule has 0 atom stereocenters. The summed E-state index contributed by atoms with van der Waals surface area (Å²) in [5.41, 5.74) is 0.890. The van der Waals surface area contributed by atoms with Gasteiger partial charge in [-0.2, -0.15) is 0 Å². The van der Waals surface area contributed by atoms with Crippen LogP contribution in [0.2, 0.25) is 0 Å². The SMILES string of the molecule is CCOc1c(OC(C)=O)ccc(C=Cc2ccc3cccc(OC(C)=O)c3n2)c1[N+](=O)[O-]. The number of nitro groups is 1. The smallest absolute Gasteiger partial charge is 0.322 e. The first-order valence-electron chi connectivity index (χ1n) is 9.69. The summed E-state index contributed by atoms with van der Waals surface area (Å²) in [6.07, 6.45) is 3.11. The quantitative estimate of drug-likeness (QED) is 0.229. The summed E-state index contributed by atoms with van der Waals surface area (Å²) < 4.78 is 15.7. The topological polar surface area (TPSA) is 118 Å². The van der Waals surface area contributed by atoms with Gasteiger partial charge < -0.3 is 14.2 Å². The number of hydrogen-bond acceptors (Lipinski definition) is 8. The monoisotopic (exact) mass is 436 g/mol. The van der Waals surface area contributed by atoms with Crippen molar-refractivity contribution in [3.63, 3.8) is 0 Å². The van der Waals surface area contributed by atoms with E-state index in [9.17, 15) is 19.7 Å². The molecule has 0 aliphatic carbocycles. The molecule has 0 N–H and O–H groups in total. The lowest BCUT2D eigenvalue weighted by Gasteiger charge is -2.11. The van der Waals surface area contributed by atoms with Gasteiger partial charge in [-0.3, -0.25) is 19.7 Å². The molecule has 0 fully saturated rings. The zero-order chi connectivity index (χ0) is 23.3. The van der Waals surface area contributed by atoms with Crippen molar-refractivity contribution in [3.05, 3.63) is 63.8 Å². The number of aromatic nitrogens is 1. The zero-order valence-corrected chi connectivity index (χ0v) is 17.7. The molecule has 3 aromatic rings. The van der Waals surface area contributed by atoms with Crippen LogP contribution in [0.4, 0.5) is 5.69 Å². The molecule has 0 unspecified atom stereocenters. The Morgan fingerprint density at radius 2 is 1.72 bits per heavy atom. The molecule has 9 heteroatoms. The van der Waals surface area contributed by atoms with Gasteiger partial charge in [-0.1, -0.05) is 18.2 Å². The number of para-hydroxylation sites is 1. The maximum absolute atomic E-state index is 11.8. The molecule has 32 heavy (non-hydrogen) atoms. The van der Waals surface area contributed by atoms with E-state index in [0.29, 0.717) is 17.0 Å². The lowest BCUT2D eigenvalue weighted by molar-refractivity contribution is -0.386. The van der Waals surface area contributed by atoms with Crippen molar-refractivity contribution in [1.82, 2.24) is 4.98 Å². The van der Waals surface area contributed by atoms with Crippen LogP contribution in [-0.2, 0) is 9.59 Å². The van der Waals surface area contributed by atoms with Gasteiger partial charge in [0.25, 0.3) is 0 Å². The van der Waals surface area contributed by atoms with Crippen LogP contribution in [0.3, 0.4) is 0 Å². The van der Waals surface area contributed by atoms with Crippen molar-refractivity contribution in [2.75, 3.05) is 6.61 Å². The third kappa shape index (κ3) is 5.07. The van der Waals surface area contributed by atoms with Crippen molar-refractivity contribution < 1.29 is 28.7 Å². The predicted octanol–water partition coefficient (Wildman–Crippen LogP) is 4.56.